The van der Waals surface area contributed by atoms with Crippen molar-refractivity contribution in [1.29, 1.82) is 0 Å². The van der Waals surface area contributed by atoms with E-state index in [0.717, 1.165) is 5.56 Å². The molecule has 5 nitrogen and oxygen atoms in total. The van der Waals surface area contributed by atoms with Gasteiger partial charge in [-0.3, -0.25) is 9.78 Å². The normalized spacial score (nSPS) is 12.5. The van der Waals surface area contributed by atoms with Gasteiger partial charge in [0.15, 0.2) is 0 Å². The van der Waals surface area contributed by atoms with Crippen molar-refractivity contribution in [3.05, 3.63) is 29.6 Å². The van der Waals surface area contributed by atoms with Gasteiger partial charge in [-0.05, 0) is 17.5 Å². The molecule has 5 heteroatoms. The second-order valence-corrected chi connectivity index (χ2v) is 4.54. The highest BCUT2D eigenvalue weighted by Gasteiger charge is 2.11. The van der Waals surface area contributed by atoms with Crippen LogP contribution in [0, 0.1) is 5.92 Å². The second-order valence-electron chi connectivity index (χ2n) is 4.54. The van der Waals surface area contributed by atoms with E-state index in [4.69, 9.17) is 0 Å². The molecule has 0 saturated heterocycles. The van der Waals surface area contributed by atoms with Crippen LogP contribution in [0.25, 0.3) is 0 Å². The Hall–Kier alpha value is -1.46. The number of nitrogens with zero attached hydrogens (tertiary/aromatic N) is 1. The van der Waals surface area contributed by atoms with Crippen LogP contribution in [0.4, 0.5) is 0 Å². The Morgan fingerprint density at radius 1 is 1.44 bits per heavy atom. The number of aliphatic hydroxyl groups is 1. The van der Waals surface area contributed by atoms with Crippen molar-refractivity contribution in [3.8, 4) is 0 Å². The van der Waals surface area contributed by atoms with Gasteiger partial charge in [0.2, 0.25) is 0 Å². The monoisotopic (exact) mass is 251 g/mol. The number of nitrogens with one attached hydrogen (secondary N) is 2. The summed E-state index contributed by atoms with van der Waals surface area (Å²) in [7, 11) is 1.58. The Morgan fingerprint density at radius 2 is 2.17 bits per heavy atom. The number of amides is 1. The van der Waals surface area contributed by atoms with Crippen molar-refractivity contribution >= 4 is 5.91 Å². The lowest BCUT2D eigenvalue weighted by atomic mass is 10.1. The van der Waals surface area contributed by atoms with E-state index in [1.165, 1.54) is 0 Å². The summed E-state index contributed by atoms with van der Waals surface area (Å²) in [5.41, 5.74) is 1.39. The Bertz CT molecular complexity index is 376. The van der Waals surface area contributed by atoms with E-state index in [-0.39, 0.29) is 18.6 Å². The first-order valence-corrected chi connectivity index (χ1v) is 6.09. The summed E-state index contributed by atoms with van der Waals surface area (Å²) >= 11 is 0. The molecule has 0 spiro atoms. The first-order valence-electron chi connectivity index (χ1n) is 6.09. The summed E-state index contributed by atoms with van der Waals surface area (Å²) < 4.78 is 0. The van der Waals surface area contributed by atoms with Gasteiger partial charge in [-0.25, -0.2) is 0 Å². The fourth-order valence-electron chi connectivity index (χ4n) is 1.55. The molecule has 0 aliphatic rings. The number of carbonyl (C=O) groups excluding carboxylic acids is 1. The van der Waals surface area contributed by atoms with Gasteiger partial charge in [0.05, 0.1) is 6.61 Å². The number of aromatic nitrogens is 1. The van der Waals surface area contributed by atoms with Crippen molar-refractivity contribution in [3.63, 3.8) is 0 Å². The average Bonchev–Trinajstić information content (AvgIpc) is 2.39. The van der Waals surface area contributed by atoms with Crippen LogP contribution in [-0.2, 0) is 6.54 Å². The first-order chi connectivity index (χ1) is 8.58. The van der Waals surface area contributed by atoms with Gasteiger partial charge >= 0.3 is 0 Å². The maximum atomic E-state index is 11.3. The highest BCUT2D eigenvalue weighted by molar-refractivity contribution is 5.91. The molecule has 18 heavy (non-hydrogen) atoms. The number of pyridine rings is 1. The lowest BCUT2D eigenvalue weighted by Gasteiger charge is -2.19. The fraction of sp³-hybridized carbons (Fsp3) is 0.538. The molecular formula is C13H21N3O2. The SMILES string of the molecule is CNC(=O)c1ccc(CN[C@H](CO)C(C)C)cn1. The highest BCUT2D eigenvalue weighted by atomic mass is 16.3. The molecule has 0 bridgehead atoms. The number of rotatable bonds is 6. The molecule has 0 aliphatic heterocycles. The molecule has 0 fully saturated rings. The summed E-state index contributed by atoms with van der Waals surface area (Å²) in [6.45, 7) is 4.85. The lowest BCUT2D eigenvalue weighted by Crippen LogP contribution is -2.36. The van der Waals surface area contributed by atoms with Crippen LogP contribution >= 0.6 is 0 Å². The quantitative estimate of drug-likeness (QED) is 0.690. The third-order valence-corrected chi connectivity index (χ3v) is 2.85. The first kappa shape index (κ1) is 14.6. The standard InChI is InChI=1S/C13H21N3O2/c1-9(2)12(8-17)16-7-10-4-5-11(15-6-10)13(18)14-3/h4-6,9,12,16-17H,7-8H2,1-3H3,(H,14,18)/t12-/m1/s1. The maximum Gasteiger partial charge on any atom is 0.269 e. The van der Waals surface area contributed by atoms with Gasteiger partial charge in [-0.15, -0.1) is 0 Å². The van der Waals surface area contributed by atoms with E-state index in [1.54, 1.807) is 19.3 Å². The molecule has 0 radical (unpaired) electrons. The topological polar surface area (TPSA) is 74.2 Å². The summed E-state index contributed by atoms with van der Waals surface area (Å²) in [6, 6.07) is 3.63. The number of carbonyl (C=O) groups is 1. The molecule has 1 amide bonds. The van der Waals surface area contributed by atoms with Gasteiger partial charge in [0.25, 0.3) is 5.91 Å². The lowest BCUT2D eigenvalue weighted by molar-refractivity contribution is 0.0958. The molecule has 1 rings (SSSR count). The minimum atomic E-state index is -0.190. The number of hydrogen-bond donors (Lipinski definition) is 3. The third-order valence-electron chi connectivity index (χ3n) is 2.85. The van der Waals surface area contributed by atoms with Crippen LogP contribution < -0.4 is 10.6 Å². The van der Waals surface area contributed by atoms with E-state index < -0.39 is 0 Å². The Balaban J connectivity index is 2.56. The Morgan fingerprint density at radius 3 is 2.61 bits per heavy atom. The fourth-order valence-corrected chi connectivity index (χ4v) is 1.55. The molecular weight excluding hydrogens is 230 g/mol. The molecule has 0 aliphatic carbocycles. The van der Waals surface area contributed by atoms with Crippen molar-refractivity contribution in [2.24, 2.45) is 5.92 Å². The van der Waals surface area contributed by atoms with E-state index in [0.29, 0.717) is 18.2 Å². The molecule has 0 aromatic carbocycles. The average molecular weight is 251 g/mol. The summed E-state index contributed by atoms with van der Waals surface area (Å²) in [5, 5.41) is 15.0. The summed E-state index contributed by atoms with van der Waals surface area (Å²) in [5.74, 6) is 0.179. The third kappa shape index (κ3) is 4.09. The van der Waals surface area contributed by atoms with E-state index >= 15 is 0 Å². The highest BCUT2D eigenvalue weighted by Crippen LogP contribution is 2.04. The zero-order valence-electron chi connectivity index (χ0n) is 11.1. The number of hydrogen-bond acceptors (Lipinski definition) is 4. The molecule has 1 aromatic heterocycles. The molecule has 0 unspecified atom stereocenters. The molecule has 1 heterocycles. The smallest absolute Gasteiger partial charge is 0.269 e. The molecule has 100 valence electrons. The summed E-state index contributed by atoms with van der Waals surface area (Å²) in [6.07, 6.45) is 1.67. The molecule has 3 N–H and O–H groups in total. The molecule has 1 atom stereocenters. The largest absolute Gasteiger partial charge is 0.395 e. The van der Waals surface area contributed by atoms with Crippen LogP contribution in [0.1, 0.15) is 29.9 Å². The van der Waals surface area contributed by atoms with Crippen molar-refractivity contribution in [2.45, 2.75) is 26.4 Å². The number of aliphatic hydroxyl groups excluding tert-OH is 1. The van der Waals surface area contributed by atoms with Crippen molar-refractivity contribution in [1.82, 2.24) is 15.6 Å². The minimum absolute atomic E-state index is 0.0728. The van der Waals surface area contributed by atoms with Gasteiger partial charge in [0, 0.05) is 25.8 Å². The predicted octanol–water partition coefficient (Wildman–Crippen LogP) is 0.548. The zero-order valence-corrected chi connectivity index (χ0v) is 11.1. The zero-order chi connectivity index (χ0) is 13.5. The van der Waals surface area contributed by atoms with Gasteiger partial charge in [-0.1, -0.05) is 19.9 Å². The van der Waals surface area contributed by atoms with Gasteiger partial charge in [-0.2, -0.15) is 0 Å². The Labute approximate surface area is 108 Å². The summed E-state index contributed by atoms with van der Waals surface area (Å²) in [4.78, 5) is 15.4. The second kappa shape index (κ2) is 7.08. The van der Waals surface area contributed by atoms with Crippen LogP contribution in [0.15, 0.2) is 18.3 Å². The van der Waals surface area contributed by atoms with Crippen LogP contribution in [0.3, 0.4) is 0 Å². The van der Waals surface area contributed by atoms with Crippen LogP contribution in [0.5, 0.6) is 0 Å². The minimum Gasteiger partial charge on any atom is -0.395 e. The van der Waals surface area contributed by atoms with Crippen molar-refractivity contribution < 1.29 is 9.90 Å². The molecule has 1 aromatic rings. The van der Waals surface area contributed by atoms with Crippen molar-refractivity contribution in [2.75, 3.05) is 13.7 Å². The van der Waals surface area contributed by atoms with E-state index in [2.05, 4.69) is 29.5 Å². The van der Waals surface area contributed by atoms with Gasteiger partial charge in [0.1, 0.15) is 5.69 Å². The Kier molecular flexibility index (Phi) is 5.74. The molecule has 0 saturated carbocycles. The van der Waals surface area contributed by atoms with Crippen LogP contribution in [0.2, 0.25) is 0 Å². The maximum absolute atomic E-state index is 11.3. The predicted molar refractivity (Wildman–Crippen MR) is 70.2 cm³/mol. The van der Waals surface area contributed by atoms with Crippen LogP contribution in [-0.4, -0.2) is 35.7 Å². The van der Waals surface area contributed by atoms with Gasteiger partial charge < -0.3 is 15.7 Å². The van der Waals surface area contributed by atoms with E-state index in [1.807, 2.05) is 6.07 Å². The van der Waals surface area contributed by atoms with E-state index in [9.17, 15) is 9.90 Å².